The lowest BCUT2D eigenvalue weighted by Gasteiger charge is -2.09. The molecular weight excluding hydrogens is 228 g/mol. The van der Waals surface area contributed by atoms with Crippen LogP contribution in [0.4, 0.5) is 5.95 Å². The molecule has 5 heteroatoms. The fourth-order valence-corrected chi connectivity index (χ4v) is 1.72. The molecule has 0 radical (unpaired) electrons. The Morgan fingerprint density at radius 3 is 3.11 bits per heavy atom. The minimum atomic E-state index is 0.676. The van der Waals surface area contributed by atoms with Gasteiger partial charge >= 0.3 is 0 Å². The summed E-state index contributed by atoms with van der Waals surface area (Å²) in [5.41, 5.74) is 1.23. The summed E-state index contributed by atoms with van der Waals surface area (Å²) >= 11 is 0. The molecule has 0 aliphatic rings. The summed E-state index contributed by atoms with van der Waals surface area (Å²) in [6, 6.07) is 4.04. The Balaban J connectivity index is 1.87. The van der Waals surface area contributed by atoms with Crippen LogP contribution >= 0.6 is 0 Å². The van der Waals surface area contributed by atoms with E-state index in [0.717, 1.165) is 25.5 Å². The van der Waals surface area contributed by atoms with Gasteiger partial charge in [0.25, 0.3) is 0 Å². The van der Waals surface area contributed by atoms with Gasteiger partial charge in [0.1, 0.15) is 0 Å². The summed E-state index contributed by atoms with van der Waals surface area (Å²) in [6.45, 7) is 2.33. The number of imidazole rings is 1. The van der Waals surface area contributed by atoms with Crippen LogP contribution in [-0.2, 0) is 17.7 Å². The monoisotopic (exact) mass is 246 g/mol. The number of hydrogen-bond donors (Lipinski definition) is 1. The molecule has 0 aliphatic carbocycles. The van der Waals surface area contributed by atoms with Gasteiger partial charge in [-0.3, -0.25) is 4.98 Å². The molecule has 5 nitrogen and oxygen atoms in total. The summed E-state index contributed by atoms with van der Waals surface area (Å²) in [6.07, 6.45) is 8.42. The predicted molar refractivity (Wildman–Crippen MR) is 70.5 cm³/mol. The molecule has 2 aromatic rings. The second kappa shape index (κ2) is 6.76. The van der Waals surface area contributed by atoms with Crippen LogP contribution < -0.4 is 5.32 Å². The average molecular weight is 246 g/mol. The summed E-state index contributed by atoms with van der Waals surface area (Å²) in [7, 11) is 1.69. The topological polar surface area (TPSA) is 52.0 Å². The van der Waals surface area contributed by atoms with E-state index in [1.54, 1.807) is 19.5 Å². The van der Waals surface area contributed by atoms with E-state index in [1.807, 2.05) is 18.5 Å². The molecule has 0 saturated carbocycles. The number of aryl methyl sites for hydroxylation is 2. The van der Waals surface area contributed by atoms with Crippen LogP contribution in [-0.4, -0.2) is 34.8 Å². The van der Waals surface area contributed by atoms with Crippen LogP contribution in [0.15, 0.2) is 36.9 Å². The van der Waals surface area contributed by atoms with Crippen LogP contribution in [0.1, 0.15) is 5.56 Å². The molecule has 2 rings (SSSR count). The first kappa shape index (κ1) is 12.6. The molecule has 0 unspecified atom stereocenters. The van der Waals surface area contributed by atoms with E-state index in [2.05, 4.69) is 25.9 Å². The van der Waals surface area contributed by atoms with E-state index in [0.29, 0.717) is 6.61 Å². The van der Waals surface area contributed by atoms with Crippen LogP contribution in [0.25, 0.3) is 0 Å². The van der Waals surface area contributed by atoms with Gasteiger partial charge in [-0.25, -0.2) is 4.98 Å². The van der Waals surface area contributed by atoms with Crippen LogP contribution in [0, 0.1) is 0 Å². The minimum Gasteiger partial charge on any atom is -0.383 e. The number of methoxy groups -OCH3 is 1. The van der Waals surface area contributed by atoms with E-state index in [-0.39, 0.29) is 0 Å². The number of aromatic nitrogens is 3. The number of nitrogens with one attached hydrogen (secondary N) is 1. The molecule has 0 aromatic carbocycles. The van der Waals surface area contributed by atoms with Gasteiger partial charge < -0.3 is 14.6 Å². The highest BCUT2D eigenvalue weighted by Gasteiger charge is 2.02. The normalized spacial score (nSPS) is 10.5. The first-order valence-corrected chi connectivity index (χ1v) is 6.03. The molecule has 0 spiro atoms. The predicted octanol–water partition coefficient (Wildman–Crippen LogP) is 1.58. The third kappa shape index (κ3) is 3.56. The average Bonchev–Trinajstić information content (AvgIpc) is 2.86. The molecule has 2 heterocycles. The molecule has 18 heavy (non-hydrogen) atoms. The first-order valence-electron chi connectivity index (χ1n) is 6.03. The van der Waals surface area contributed by atoms with Crippen molar-refractivity contribution in [2.75, 3.05) is 25.6 Å². The maximum absolute atomic E-state index is 5.00. The summed E-state index contributed by atoms with van der Waals surface area (Å²) in [4.78, 5) is 8.39. The lowest BCUT2D eigenvalue weighted by molar-refractivity contribution is 0.210. The van der Waals surface area contributed by atoms with Crippen molar-refractivity contribution >= 4 is 5.95 Å². The smallest absolute Gasteiger partial charge is 0.202 e. The number of anilines is 1. The SMILES string of the molecule is COCCNc1nccn1CCc1cccnc1. The largest absolute Gasteiger partial charge is 0.383 e. The van der Waals surface area contributed by atoms with E-state index >= 15 is 0 Å². The zero-order valence-corrected chi connectivity index (χ0v) is 10.5. The summed E-state index contributed by atoms with van der Waals surface area (Å²) < 4.78 is 7.10. The highest BCUT2D eigenvalue weighted by molar-refractivity contribution is 5.25. The van der Waals surface area contributed by atoms with Crippen molar-refractivity contribution in [3.05, 3.63) is 42.5 Å². The van der Waals surface area contributed by atoms with Crippen LogP contribution in [0.3, 0.4) is 0 Å². The van der Waals surface area contributed by atoms with Crippen molar-refractivity contribution in [3.63, 3.8) is 0 Å². The number of ether oxygens (including phenoxy) is 1. The van der Waals surface area contributed by atoms with Gasteiger partial charge in [-0.2, -0.15) is 0 Å². The maximum atomic E-state index is 5.00. The van der Waals surface area contributed by atoms with Crippen LogP contribution in [0.2, 0.25) is 0 Å². The molecule has 1 N–H and O–H groups in total. The third-order valence-electron chi connectivity index (χ3n) is 2.67. The summed E-state index contributed by atoms with van der Waals surface area (Å²) in [5, 5.41) is 3.24. The lowest BCUT2D eigenvalue weighted by Crippen LogP contribution is -2.13. The van der Waals surface area contributed by atoms with Gasteiger partial charge in [0.15, 0.2) is 0 Å². The Kier molecular flexibility index (Phi) is 4.72. The van der Waals surface area contributed by atoms with E-state index in [9.17, 15) is 0 Å². The van der Waals surface area contributed by atoms with Crippen molar-refractivity contribution in [3.8, 4) is 0 Å². The van der Waals surface area contributed by atoms with E-state index in [1.165, 1.54) is 5.56 Å². The van der Waals surface area contributed by atoms with E-state index in [4.69, 9.17) is 4.74 Å². The van der Waals surface area contributed by atoms with Gasteiger partial charge in [0, 0.05) is 45.0 Å². The summed E-state index contributed by atoms with van der Waals surface area (Å²) in [5.74, 6) is 0.885. The number of rotatable bonds is 7. The fraction of sp³-hybridized carbons (Fsp3) is 0.385. The highest BCUT2D eigenvalue weighted by atomic mass is 16.5. The number of pyridine rings is 1. The Morgan fingerprint density at radius 2 is 2.33 bits per heavy atom. The molecule has 0 amide bonds. The molecule has 96 valence electrons. The second-order valence-electron chi connectivity index (χ2n) is 3.98. The molecule has 0 saturated heterocycles. The van der Waals surface area contributed by atoms with Crippen molar-refractivity contribution in [2.24, 2.45) is 0 Å². The van der Waals surface area contributed by atoms with Gasteiger partial charge in [-0.15, -0.1) is 0 Å². The zero-order valence-electron chi connectivity index (χ0n) is 10.5. The molecule has 0 aliphatic heterocycles. The minimum absolute atomic E-state index is 0.676. The quantitative estimate of drug-likeness (QED) is 0.754. The van der Waals surface area contributed by atoms with Gasteiger partial charge in [-0.05, 0) is 18.1 Å². The first-order chi connectivity index (χ1) is 8.90. The molecular formula is C13H18N4O. The number of nitrogens with zero attached hydrogens (tertiary/aromatic N) is 3. The van der Waals surface area contributed by atoms with Crippen molar-refractivity contribution < 1.29 is 4.74 Å². The Hall–Kier alpha value is -1.88. The molecule has 0 fully saturated rings. The lowest BCUT2D eigenvalue weighted by atomic mass is 10.2. The van der Waals surface area contributed by atoms with Gasteiger partial charge in [-0.1, -0.05) is 6.07 Å². The van der Waals surface area contributed by atoms with Crippen LogP contribution in [0.5, 0.6) is 0 Å². The number of hydrogen-bond acceptors (Lipinski definition) is 4. The second-order valence-corrected chi connectivity index (χ2v) is 3.98. The van der Waals surface area contributed by atoms with Crippen molar-refractivity contribution in [1.29, 1.82) is 0 Å². The zero-order chi connectivity index (χ0) is 12.6. The molecule has 0 bridgehead atoms. The standard InChI is InChI=1S/C13H18N4O/c1-18-10-7-16-13-15-6-9-17(13)8-4-12-3-2-5-14-11-12/h2-3,5-6,9,11H,4,7-8,10H2,1H3,(H,15,16). The molecule has 2 aromatic heterocycles. The Morgan fingerprint density at radius 1 is 1.39 bits per heavy atom. The van der Waals surface area contributed by atoms with Crippen molar-refractivity contribution in [1.82, 2.24) is 14.5 Å². The van der Waals surface area contributed by atoms with Crippen molar-refractivity contribution in [2.45, 2.75) is 13.0 Å². The fourth-order valence-electron chi connectivity index (χ4n) is 1.72. The third-order valence-corrected chi connectivity index (χ3v) is 2.67. The Bertz CT molecular complexity index is 455. The highest BCUT2D eigenvalue weighted by Crippen LogP contribution is 2.06. The van der Waals surface area contributed by atoms with Gasteiger partial charge in [0.05, 0.1) is 6.61 Å². The maximum Gasteiger partial charge on any atom is 0.202 e. The molecule has 0 atom stereocenters. The van der Waals surface area contributed by atoms with E-state index < -0.39 is 0 Å². The Labute approximate surface area is 107 Å². The van der Waals surface area contributed by atoms with Gasteiger partial charge in [0.2, 0.25) is 5.95 Å².